The Bertz CT molecular complexity index is 1890. The number of nitrogens with one attached hydrogen (secondary N) is 3. The van der Waals surface area contributed by atoms with Crippen molar-refractivity contribution in [2.24, 2.45) is 0 Å². The number of methoxy groups -OCH3 is 1. The number of benzene rings is 4. The van der Waals surface area contributed by atoms with Gasteiger partial charge in [-0.2, -0.15) is 0 Å². The summed E-state index contributed by atoms with van der Waals surface area (Å²) in [7, 11) is 1.61. The molecule has 5 rings (SSSR count). The van der Waals surface area contributed by atoms with Gasteiger partial charge in [0.05, 0.1) is 25.2 Å². The molecular weight excluding hydrogens is 633 g/mol. The highest BCUT2D eigenvalue weighted by Gasteiger charge is 2.17. The molecule has 9 nitrogen and oxygen atoms in total. The molecule has 5 aromatic rings. The molecule has 3 N–H and O–H groups in total. The fraction of sp³-hybridized carbons (Fsp3) is 0.111. The van der Waals surface area contributed by atoms with Gasteiger partial charge >= 0.3 is 0 Å². The lowest BCUT2D eigenvalue weighted by Crippen LogP contribution is -2.30. The van der Waals surface area contributed by atoms with Crippen molar-refractivity contribution in [3.63, 3.8) is 0 Å². The average molecular weight is 665 g/mol. The van der Waals surface area contributed by atoms with E-state index in [0.29, 0.717) is 34.3 Å². The van der Waals surface area contributed by atoms with Crippen molar-refractivity contribution >= 4 is 57.7 Å². The van der Waals surface area contributed by atoms with Crippen molar-refractivity contribution in [1.82, 2.24) is 10.3 Å². The van der Waals surface area contributed by atoms with Crippen molar-refractivity contribution in [2.75, 3.05) is 30.1 Å². The number of anilines is 2. The molecule has 0 spiro atoms. The molecule has 1 aromatic heterocycles. The third kappa shape index (κ3) is 9.32. The molecule has 0 bridgehead atoms. The lowest BCUT2D eigenvalue weighted by molar-refractivity contribution is -0.114. The summed E-state index contributed by atoms with van der Waals surface area (Å²) in [5, 5.41) is 10.8. The summed E-state index contributed by atoms with van der Waals surface area (Å²) < 4.78 is 11.0. The number of aromatic nitrogens is 1. The van der Waals surface area contributed by atoms with Gasteiger partial charge in [0.25, 0.3) is 11.8 Å². The van der Waals surface area contributed by atoms with Crippen molar-refractivity contribution in [3.05, 3.63) is 125 Å². The normalized spacial score (nSPS) is 11.0. The van der Waals surface area contributed by atoms with Crippen molar-refractivity contribution in [3.8, 4) is 22.8 Å². The number of amides is 3. The third-order valence-corrected chi connectivity index (χ3v) is 8.38. The zero-order valence-corrected chi connectivity index (χ0v) is 27.3. The fourth-order valence-corrected chi connectivity index (χ4v) is 5.89. The third-order valence-electron chi connectivity index (χ3n) is 6.63. The first-order chi connectivity index (χ1) is 22.9. The van der Waals surface area contributed by atoms with E-state index in [2.05, 4.69) is 20.9 Å². The van der Waals surface area contributed by atoms with Crippen LogP contribution in [-0.2, 0) is 9.59 Å². The van der Waals surface area contributed by atoms with E-state index < -0.39 is 11.8 Å². The van der Waals surface area contributed by atoms with Gasteiger partial charge in [0.1, 0.15) is 17.2 Å². The first-order valence-electron chi connectivity index (χ1n) is 14.7. The molecule has 0 atom stereocenters. The number of para-hydroxylation sites is 1. The molecule has 0 aliphatic carbocycles. The first-order valence-corrected chi connectivity index (χ1v) is 16.5. The van der Waals surface area contributed by atoms with Crippen LogP contribution in [0.3, 0.4) is 0 Å². The largest absolute Gasteiger partial charge is 0.497 e. The van der Waals surface area contributed by atoms with Crippen LogP contribution in [0.5, 0.6) is 11.5 Å². The summed E-state index contributed by atoms with van der Waals surface area (Å²) in [5.74, 6) is 0.297. The summed E-state index contributed by atoms with van der Waals surface area (Å²) >= 11 is 2.66. The highest BCUT2D eigenvalue weighted by Crippen LogP contribution is 2.28. The lowest BCUT2D eigenvalue weighted by Gasteiger charge is -2.13. The molecule has 3 amide bonds. The Morgan fingerprint density at radius 2 is 1.68 bits per heavy atom. The maximum atomic E-state index is 13.6. The Morgan fingerprint density at radius 3 is 2.49 bits per heavy atom. The smallest absolute Gasteiger partial charge is 0.272 e. The van der Waals surface area contributed by atoms with Crippen LogP contribution in [0.15, 0.2) is 119 Å². The number of hydrogen-bond donors (Lipinski definition) is 3. The molecule has 0 aliphatic rings. The van der Waals surface area contributed by atoms with Gasteiger partial charge in [0, 0.05) is 32.7 Å². The van der Waals surface area contributed by atoms with E-state index in [4.69, 9.17) is 9.47 Å². The first kappa shape index (κ1) is 33.0. The second kappa shape index (κ2) is 16.3. The fourth-order valence-electron chi connectivity index (χ4n) is 4.40. The van der Waals surface area contributed by atoms with Gasteiger partial charge in [0.2, 0.25) is 5.91 Å². The van der Waals surface area contributed by atoms with Crippen LogP contribution in [-0.4, -0.2) is 42.2 Å². The summed E-state index contributed by atoms with van der Waals surface area (Å²) in [4.78, 5) is 44.6. The Kier molecular flexibility index (Phi) is 11.4. The maximum absolute atomic E-state index is 13.6. The molecule has 0 fully saturated rings. The van der Waals surface area contributed by atoms with Crippen molar-refractivity contribution in [1.29, 1.82) is 0 Å². The van der Waals surface area contributed by atoms with Crippen LogP contribution < -0.4 is 25.4 Å². The van der Waals surface area contributed by atoms with Gasteiger partial charge in [-0.1, -0.05) is 54.6 Å². The highest BCUT2D eigenvalue weighted by atomic mass is 32.2. The second-order valence-electron chi connectivity index (χ2n) is 9.94. The molecule has 0 saturated carbocycles. The number of nitrogens with zero attached hydrogens (tertiary/aromatic N) is 1. The van der Waals surface area contributed by atoms with E-state index in [1.165, 1.54) is 23.1 Å². The van der Waals surface area contributed by atoms with Gasteiger partial charge in [-0.3, -0.25) is 14.4 Å². The predicted octanol–water partition coefficient (Wildman–Crippen LogP) is 7.36. The highest BCUT2D eigenvalue weighted by molar-refractivity contribution is 8.00. The molecule has 0 saturated heterocycles. The van der Waals surface area contributed by atoms with E-state index >= 15 is 0 Å². The standard InChI is InChI=1S/C36H32N4O5S2/c1-3-45-32-18-8-7-13-26(32)20-30(38-34(42)24-11-5-4-6-12-24)35(43)37-27-15-10-17-29(21-27)46-23-33(41)40-36-39-31(22-47-36)25-14-9-16-28(19-25)44-2/h4-22H,3,23H2,1-2H3,(H,37,43)(H,38,42)(H,39,40,41)/b30-20+. The van der Waals surface area contributed by atoms with Gasteiger partial charge in [-0.25, -0.2) is 4.98 Å². The van der Waals surface area contributed by atoms with Gasteiger partial charge in [-0.05, 0) is 61.5 Å². The zero-order valence-electron chi connectivity index (χ0n) is 25.7. The number of thiazole rings is 1. The SMILES string of the molecule is CCOc1ccccc1/C=C(/NC(=O)c1ccccc1)C(=O)Nc1cccc(SCC(=O)Nc2nc(-c3cccc(OC)c3)cs2)c1. The van der Waals surface area contributed by atoms with Crippen LogP contribution in [0.25, 0.3) is 17.3 Å². The van der Waals surface area contributed by atoms with E-state index in [-0.39, 0.29) is 17.4 Å². The van der Waals surface area contributed by atoms with Crippen molar-refractivity contribution < 1.29 is 23.9 Å². The Balaban J connectivity index is 1.24. The Morgan fingerprint density at radius 1 is 0.894 bits per heavy atom. The summed E-state index contributed by atoms with van der Waals surface area (Å²) in [6, 6.07) is 30.6. The Labute approximate surface area is 281 Å². The average Bonchev–Trinajstić information content (AvgIpc) is 3.57. The summed E-state index contributed by atoms with van der Waals surface area (Å²) in [5.41, 5.74) is 3.23. The van der Waals surface area contributed by atoms with Crippen LogP contribution in [0, 0.1) is 0 Å². The quantitative estimate of drug-likeness (QED) is 0.0889. The number of ether oxygens (including phenoxy) is 2. The lowest BCUT2D eigenvalue weighted by atomic mass is 10.1. The summed E-state index contributed by atoms with van der Waals surface area (Å²) in [6.07, 6.45) is 1.59. The summed E-state index contributed by atoms with van der Waals surface area (Å²) in [6.45, 7) is 2.32. The molecule has 1 heterocycles. The molecule has 11 heteroatoms. The van der Waals surface area contributed by atoms with Crippen LogP contribution in [0.2, 0.25) is 0 Å². The molecule has 4 aromatic carbocycles. The molecule has 0 radical (unpaired) electrons. The Hall–Kier alpha value is -5.39. The zero-order chi connectivity index (χ0) is 33.0. The van der Waals surface area contributed by atoms with E-state index in [1.54, 1.807) is 67.8 Å². The van der Waals surface area contributed by atoms with Crippen LogP contribution in [0.4, 0.5) is 10.8 Å². The molecular formula is C36H32N4O5S2. The minimum Gasteiger partial charge on any atom is -0.497 e. The van der Waals surface area contributed by atoms with Gasteiger partial charge < -0.3 is 25.4 Å². The van der Waals surface area contributed by atoms with Crippen LogP contribution >= 0.6 is 23.1 Å². The molecule has 238 valence electrons. The number of rotatable bonds is 13. The minimum atomic E-state index is -0.518. The monoisotopic (exact) mass is 664 g/mol. The second-order valence-corrected chi connectivity index (χ2v) is 11.8. The van der Waals surface area contributed by atoms with E-state index in [9.17, 15) is 14.4 Å². The van der Waals surface area contributed by atoms with E-state index in [0.717, 1.165) is 21.9 Å². The number of carbonyl (C=O) groups is 3. The van der Waals surface area contributed by atoms with Crippen molar-refractivity contribution in [2.45, 2.75) is 11.8 Å². The predicted molar refractivity (Wildman–Crippen MR) is 188 cm³/mol. The number of thioether (sulfide) groups is 1. The van der Waals surface area contributed by atoms with Crippen LogP contribution in [0.1, 0.15) is 22.8 Å². The minimum absolute atomic E-state index is 0.0419. The molecule has 0 unspecified atom stereocenters. The topological polar surface area (TPSA) is 119 Å². The molecule has 47 heavy (non-hydrogen) atoms. The number of carbonyl (C=O) groups excluding carboxylic acids is 3. The van der Waals surface area contributed by atoms with Gasteiger partial charge in [0.15, 0.2) is 5.13 Å². The number of hydrogen-bond acceptors (Lipinski definition) is 8. The molecule has 0 aliphatic heterocycles. The van der Waals surface area contributed by atoms with E-state index in [1.807, 2.05) is 60.8 Å². The maximum Gasteiger partial charge on any atom is 0.272 e. The van der Waals surface area contributed by atoms with Gasteiger partial charge in [-0.15, -0.1) is 23.1 Å².